The van der Waals surface area contributed by atoms with Gasteiger partial charge in [0, 0.05) is 52.2 Å². The first-order valence-corrected chi connectivity index (χ1v) is 23.6. The number of methoxy groups -OCH3 is 2. The van der Waals surface area contributed by atoms with Crippen molar-refractivity contribution >= 4 is 5.97 Å². The maximum atomic E-state index is 14.5. The number of carbonyl (C=O) groups excluding carboxylic acids is 1. The molecule has 0 aromatic rings. The second kappa shape index (κ2) is 20.0. The van der Waals surface area contributed by atoms with Crippen molar-refractivity contribution in [2.45, 2.75) is 204 Å². The van der Waals surface area contributed by atoms with Crippen LogP contribution in [-0.2, 0) is 47.4 Å². The Labute approximate surface area is 374 Å². The van der Waals surface area contributed by atoms with Gasteiger partial charge in [-0.15, -0.1) is 0 Å². The highest BCUT2D eigenvalue weighted by Gasteiger charge is 2.60. The van der Waals surface area contributed by atoms with Crippen LogP contribution in [0.15, 0.2) is 47.1 Å². The number of ether oxygens (including phenoxy) is 9. The molecule has 14 heteroatoms. The highest BCUT2D eigenvalue weighted by Crippen LogP contribution is 2.48. The Morgan fingerprint density at radius 2 is 1.67 bits per heavy atom. The van der Waals surface area contributed by atoms with E-state index >= 15 is 0 Å². The smallest absolute Gasteiger partial charge is 0.316 e. The van der Waals surface area contributed by atoms with Crippen LogP contribution in [0.4, 0.5) is 0 Å². The largest absolute Gasteiger partial charge is 0.462 e. The van der Waals surface area contributed by atoms with E-state index in [1.54, 1.807) is 40.2 Å². The topological polar surface area (TPSA) is 181 Å². The summed E-state index contributed by atoms with van der Waals surface area (Å²) in [5, 5.41) is 46.7. The molecule has 6 aliphatic heterocycles. The normalized spacial score (nSPS) is 48.0. The zero-order chi connectivity index (χ0) is 45.5. The summed E-state index contributed by atoms with van der Waals surface area (Å²) >= 11 is 0. The van der Waals surface area contributed by atoms with E-state index in [2.05, 4.69) is 20.8 Å². The summed E-state index contributed by atoms with van der Waals surface area (Å²) in [5.74, 6) is -2.76. The van der Waals surface area contributed by atoms with Gasteiger partial charge >= 0.3 is 5.97 Å². The zero-order valence-corrected chi connectivity index (χ0v) is 39.1. The van der Waals surface area contributed by atoms with Crippen LogP contribution >= 0.6 is 0 Å². The average molecular weight is 889 g/mol. The molecule has 0 aromatic carbocycles. The molecule has 21 atom stereocenters. The lowest BCUT2D eigenvalue weighted by atomic mass is 9.71. The first-order valence-electron chi connectivity index (χ1n) is 23.6. The fourth-order valence-electron chi connectivity index (χ4n) is 11.5. The summed E-state index contributed by atoms with van der Waals surface area (Å²) in [5.41, 5.74) is -0.138. The molecule has 2 bridgehead atoms. The third-order valence-corrected chi connectivity index (χ3v) is 15.7. The van der Waals surface area contributed by atoms with E-state index in [-0.39, 0.29) is 30.7 Å². The molecule has 6 heterocycles. The number of allylic oxidation sites excluding steroid dienone is 2. The Hall–Kier alpha value is -2.05. The molecule has 356 valence electrons. The molecule has 0 amide bonds. The Morgan fingerprint density at radius 3 is 2.38 bits per heavy atom. The van der Waals surface area contributed by atoms with Crippen molar-refractivity contribution in [1.29, 1.82) is 0 Å². The summed E-state index contributed by atoms with van der Waals surface area (Å²) in [7, 11) is 3.21. The standard InChI is InChI=1S/C49H76O14/c1-11-25(2)44-27(4)17-18-48(63-44)23-34-20-33(62-48)16-15-26(3)41(50)29(6)35(14-12-13-32-24-57-46-42(51)28(5)19-36(47(53)60-34)49(32,46)54)37-21-39(56-10)45(31(8)58-37)61-40-22-38(55-9)43(52)30(7)59-40/h12-15,19,25,27,29-31,33-46,50-52,54H,11,16-18,20-24H2,1-10H3/t25-,27-,29-,30-,31-,33+,34?,35?,36-,37?,38-,39-,40+,41+,42+,43-,44+,45-,46+,48+,49+/m0/s1. The van der Waals surface area contributed by atoms with Gasteiger partial charge in [-0.1, -0.05) is 64.5 Å². The number of aliphatic hydroxyl groups excluding tert-OH is 3. The van der Waals surface area contributed by atoms with Crippen molar-refractivity contribution in [3.63, 3.8) is 0 Å². The van der Waals surface area contributed by atoms with E-state index in [1.807, 2.05) is 39.0 Å². The SMILES string of the molecule is CC[C@H](C)[C@H]1O[C@]2(CC[C@@H]1C)CC1C[C@@H](CC=C(C)[C@@H](O)[C@@H](C)C(C3C[C@H](OC)[C@@H](O[C@@H]4C[C@H](OC)[C@@H](O)[C@H](C)O4)[C@H](C)O3)C=CC=C3CO[C@@H]4[C@H](O)C(C)=C[C@@H](C(=O)O1)[C@]34O)O2. The van der Waals surface area contributed by atoms with Gasteiger partial charge in [0.15, 0.2) is 12.1 Å². The van der Waals surface area contributed by atoms with Gasteiger partial charge < -0.3 is 63.1 Å². The summed E-state index contributed by atoms with van der Waals surface area (Å²) < 4.78 is 57.4. The fraction of sp³-hybridized carbons (Fsp3) is 0.816. The molecule has 1 spiro atoms. The predicted octanol–water partition coefficient (Wildman–Crippen LogP) is 5.24. The van der Waals surface area contributed by atoms with Gasteiger partial charge in [-0.2, -0.15) is 0 Å². The Kier molecular flexibility index (Phi) is 15.5. The number of rotatable bonds is 7. The van der Waals surface area contributed by atoms with E-state index in [0.717, 1.165) is 18.4 Å². The lowest BCUT2D eigenvalue weighted by molar-refractivity contribution is -0.340. The first-order chi connectivity index (χ1) is 29.9. The highest BCUT2D eigenvalue weighted by molar-refractivity contribution is 5.78. The summed E-state index contributed by atoms with van der Waals surface area (Å²) in [6, 6.07) is 0. The number of carbonyl (C=O) groups is 1. The minimum Gasteiger partial charge on any atom is -0.462 e. The van der Waals surface area contributed by atoms with E-state index in [4.69, 9.17) is 42.6 Å². The number of hydrogen-bond acceptors (Lipinski definition) is 14. The van der Waals surface area contributed by atoms with Gasteiger partial charge in [-0.05, 0) is 75.0 Å². The summed E-state index contributed by atoms with van der Waals surface area (Å²) in [4.78, 5) is 14.5. The second-order valence-corrected chi connectivity index (χ2v) is 19.9. The van der Waals surface area contributed by atoms with Crippen LogP contribution in [0.2, 0.25) is 0 Å². The molecule has 5 fully saturated rings. The molecule has 0 saturated carbocycles. The minimum absolute atomic E-state index is 0.00577. The van der Waals surface area contributed by atoms with Crippen LogP contribution in [0.5, 0.6) is 0 Å². The van der Waals surface area contributed by atoms with Crippen molar-refractivity contribution in [2.24, 2.45) is 29.6 Å². The third-order valence-electron chi connectivity index (χ3n) is 15.7. The van der Waals surface area contributed by atoms with Crippen molar-refractivity contribution in [3.05, 3.63) is 47.1 Å². The molecule has 5 saturated heterocycles. The van der Waals surface area contributed by atoms with Gasteiger partial charge in [0.2, 0.25) is 0 Å². The van der Waals surface area contributed by atoms with Crippen LogP contribution in [0.3, 0.4) is 0 Å². The Bertz CT molecular complexity index is 1710. The lowest BCUT2D eigenvalue weighted by Crippen LogP contribution is -2.58. The van der Waals surface area contributed by atoms with Gasteiger partial charge in [0.1, 0.15) is 42.0 Å². The van der Waals surface area contributed by atoms with Crippen LogP contribution in [0.25, 0.3) is 0 Å². The van der Waals surface area contributed by atoms with Crippen LogP contribution in [0, 0.1) is 29.6 Å². The first kappa shape index (κ1) is 48.9. The quantitative estimate of drug-likeness (QED) is 0.193. The minimum atomic E-state index is -1.88. The predicted molar refractivity (Wildman–Crippen MR) is 232 cm³/mol. The third kappa shape index (κ3) is 9.85. The molecule has 0 aromatic heterocycles. The number of fused-ring (bicyclic) bond motifs is 2. The molecule has 3 unspecified atom stereocenters. The van der Waals surface area contributed by atoms with Gasteiger partial charge in [-0.25, -0.2) is 0 Å². The molecule has 7 aliphatic rings. The lowest BCUT2D eigenvalue weighted by Gasteiger charge is -2.51. The highest BCUT2D eigenvalue weighted by atomic mass is 16.7. The van der Waals surface area contributed by atoms with Crippen LogP contribution < -0.4 is 0 Å². The molecule has 1 aliphatic carbocycles. The molecule has 14 nitrogen and oxygen atoms in total. The Morgan fingerprint density at radius 1 is 0.921 bits per heavy atom. The molecule has 0 radical (unpaired) electrons. The average Bonchev–Trinajstić information content (AvgIpc) is 3.60. The van der Waals surface area contributed by atoms with Crippen LogP contribution in [-0.4, -0.2) is 144 Å². The molecule has 63 heavy (non-hydrogen) atoms. The molecule has 7 rings (SSSR count). The van der Waals surface area contributed by atoms with Crippen molar-refractivity contribution in [2.75, 3.05) is 20.8 Å². The van der Waals surface area contributed by atoms with E-state index in [0.29, 0.717) is 61.5 Å². The van der Waals surface area contributed by atoms with Gasteiger partial charge in [0.25, 0.3) is 0 Å². The van der Waals surface area contributed by atoms with Gasteiger partial charge in [0.05, 0.1) is 55.4 Å². The molecular weight excluding hydrogens is 813 g/mol. The fourth-order valence-corrected chi connectivity index (χ4v) is 11.5. The number of aliphatic hydroxyl groups is 4. The summed E-state index contributed by atoms with van der Waals surface area (Å²) in [6.07, 6.45) is 5.61. The van der Waals surface area contributed by atoms with Crippen molar-refractivity contribution < 1.29 is 67.9 Å². The van der Waals surface area contributed by atoms with Crippen molar-refractivity contribution in [1.82, 2.24) is 0 Å². The van der Waals surface area contributed by atoms with Crippen molar-refractivity contribution in [3.8, 4) is 0 Å². The van der Waals surface area contributed by atoms with E-state index in [9.17, 15) is 25.2 Å². The Balaban J connectivity index is 1.21. The molecular formula is C49H76O14. The van der Waals surface area contributed by atoms with Crippen LogP contribution in [0.1, 0.15) is 107 Å². The number of esters is 1. The van der Waals surface area contributed by atoms with E-state index in [1.165, 1.54) is 0 Å². The zero-order valence-electron chi connectivity index (χ0n) is 39.1. The number of hydrogen-bond donors (Lipinski definition) is 4. The monoisotopic (exact) mass is 889 g/mol. The second-order valence-electron chi connectivity index (χ2n) is 19.9. The van der Waals surface area contributed by atoms with E-state index < -0.39 is 96.7 Å². The maximum Gasteiger partial charge on any atom is 0.316 e. The van der Waals surface area contributed by atoms with Gasteiger partial charge in [-0.3, -0.25) is 4.79 Å². The molecule has 4 N–H and O–H groups in total. The maximum absolute atomic E-state index is 14.5. The summed E-state index contributed by atoms with van der Waals surface area (Å²) in [6.45, 7) is 16.0.